The predicted molar refractivity (Wildman–Crippen MR) is 79.2 cm³/mol. The fraction of sp³-hybridized carbons (Fsp3) is 0.562. The van der Waals surface area contributed by atoms with E-state index in [0.717, 1.165) is 48.3 Å². The third-order valence-corrected chi connectivity index (χ3v) is 5.43. The van der Waals surface area contributed by atoms with Crippen molar-refractivity contribution in [1.82, 2.24) is 5.32 Å². The van der Waals surface area contributed by atoms with Gasteiger partial charge < -0.3 is 5.32 Å². The number of carbonyl (C=O) groups excluding carboxylic acids is 1. The van der Waals surface area contributed by atoms with Crippen molar-refractivity contribution in [3.8, 4) is 0 Å². The molecule has 1 aromatic rings. The van der Waals surface area contributed by atoms with Gasteiger partial charge in [0, 0.05) is 16.6 Å². The summed E-state index contributed by atoms with van der Waals surface area (Å²) in [7, 11) is 0. The lowest BCUT2D eigenvalue weighted by Gasteiger charge is -2.29. The lowest BCUT2D eigenvalue weighted by Crippen LogP contribution is -2.36. The first-order valence-electron chi connectivity index (χ1n) is 7.46. The molecule has 1 aromatic carbocycles. The normalized spacial score (nSPS) is 23.1. The van der Waals surface area contributed by atoms with Gasteiger partial charge >= 0.3 is 0 Å². The molecule has 2 nitrogen and oxygen atoms in total. The number of carbonyl (C=O) groups is 1. The van der Waals surface area contributed by atoms with Gasteiger partial charge in [0.05, 0.1) is 6.04 Å². The maximum atomic E-state index is 13.4. The van der Waals surface area contributed by atoms with Crippen molar-refractivity contribution in [2.45, 2.75) is 49.5 Å². The van der Waals surface area contributed by atoms with Crippen LogP contribution in [0.3, 0.4) is 0 Å². The van der Waals surface area contributed by atoms with Crippen molar-refractivity contribution >= 4 is 17.7 Å². The van der Waals surface area contributed by atoms with E-state index in [1.54, 1.807) is 17.8 Å². The van der Waals surface area contributed by atoms with E-state index in [4.69, 9.17) is 0 Å². The highest BCUT2D eigenvalue weighted by Crippen LogP contribution is 2.37. The molecule has 1 heterocycles. The highest BCUT2D eigenvalue weighted by atomic mass is 32.2. The number of rotatable bonds is 2. The molecule has 2 aliphatic rings. The van der Waals surface area contributed by atoms with Crippen molar-refractivity contribution in [2.24, 2.45) is 5.92 Å². The number of fused-ring (bicyclic) bond motifs is 1. The van der Waals surface area contributed by atoms with Crippen molar-refractivity contribution in [3.05, 3.63) is 29.6 Å². The zero-order valence-electron chi connectivity index (χ0n) is 11.5. The fourth-order valence-corrected chi connectivity index (χ4v) is 4.28. The van der Waals surface area contributed by atoms with Crippen LogP contribution < -0.4 is 5.32 Å². The number of hydrogen-bond acceptors (Lipinski definition) is 2. The topological polar surface area (TPSA) is 29.1 Å². The van der Waals surface area contributed by atoms with Crippen molar-refractivity contribution in [2.75, 3.05) is 5.75 Å². The third kappa shape index (κ3) is 3.00. The predicted octanol–water partition coefficient (Wildman–Crippen LogP) is 4.06. The third-order valence-electron chi connectivity index (χ3n) is 4.30. The van der Waals surface area contributed by atoms with Gasteiger partial charge in [-0.15, -0.1) is 11.8 Å². The Bertz CT molecular complexity index is 499. The fourth-order valence-electron chi connectivity index (χ4n) is 3.17. The van der Waals surface area contributed by atoms with Crippen LogP contribution in [-0.4, -0.2) is 11.7 Å². The first kappa shape index (κ1) is 13.9. The minimum atomic E-state index is -0.219. The average molecular weight is 293 g/mol. The second kappa shape index (κ2) is 6.17. The molecule has 3 rings (SSSR count). The molecule has 0 aromatic heterocycles. The Labute approximate surface area is 123 Å². The quantitative estimate of drug-likeness (QED) is 0.891. The van der Waals surface area contributed by atoms with Gasteiger partial charge in [0.1, 0.15) is 5.82 Å². The van der Waals surface area contributed by atoms with Gasteiger partial charge in [-0.3, -0.25) is 4.79 Å². The molecular weight excluding hydrogens is 273 g/mol. The van der Waals surface area contributed by atoms with E-state index < -0.39 is 0 Å². The van der Waals surface area contributed by atoms with Crippen LogP contribution in [0.25, 0.3) is 0 Å². The van der Waals surface area contributed by atoms with Gasteiger partial charge in [-0.1, -0.05) is 19.3 Å². The minimum absolute atomic E-state index is 0.0172. The summed E-state index contributed by atoms with van der Waals surface area (Å²) in [5, 5.41) is 3.15. The van der Waals surface area contributed by atoms with Crippen LogP contribution in [0.1, 0.15) is 50.1 Å². The molecule has 1 aliphatic heterocycles. The number of nitrogens with one attached hydrogen (secondary N) is 1. The first-order chi connectivity index (χ1) is 9.74. The maximum Gasteiger partial charge on any atom is 0.223 e. The summed E-state index contributed by atoms with van der Waals surface area (Å²) in [4.78, 5) is 13.5. The van der Waals surface area contributed by atoms with Crippen molar-refractivity contribution < 1.29 is 9.18 Å². The summed E-state index contributed by atoms with van der Waals surface area (Å²) in [6, 6.07) is 4.88. The zero-order chi connectivity index (χ0) is 13.9. The Morgan fingerprint density at radius 3 is 2.80 bits per heavy atom. The molecule has 1 N–H and O–H groups in total. The van der Waals surface area contributed by atoms with Gasteiger partial charge in [-0.25, -0.2) is 4.39 Å². The smallest absolute Gasteiger partial charge is 0.223 e. The molecule has 108 valence electrons. The Balaban J connectivity index is 1.72. The van der Waals surface area contributed by atoms with Crippen LogP contribution in [0, 0.1) is 11.7 Å². The summed E-state index contributed by atoms with van der Waals surface area (Å²) in [5.74, 6) is 1.09. The van der Waals surface area contributed by atoms with Crippen LogP contribution in [0.4, 0.5) is 4.39 Å². The van der Waals surface area contributed by atoms with E-state index in [0.29, 0.717) is 0 Å². The highest BCUT2D eigenvalue weighted by molar-refractivity contribution is 7.99. The number of benzene rings is 1. The molecule has 0 bridgehead atoms. The largest absolute Gasteiger partial charge is 0.349 e. The average Bonchev–Trinajstić information content (AvgIpc) is 2.49. The van der Waals surface area contributed by atoms with E-state index >= 15 is 0 Å². The van der Waals surface area contributed by atoms with Crippen LogP contribution in [0.15, 0.2) is 23.1 Å². The second-order valence-corrected chi connectivity index (χ2v) is 6.85. The maximum absolute atomic E-state index is 13.4. The van der Waals surface area contributed by atoms with Gasteiger partial charge in [0.25, 0.3) is 0 Å². The summed E-state index contributed by atoms with van der Waals surface area (Å²) in [6.45, 7) is 0. The zero-order valence-corrected chi connectivity index (χ0v) is 12.3. The number of halogens is 1. The van der Waals surface area contributed by atoms with E-state index in [1.165, 1.54) is 12.5 Å². The van der Waals surface area contributed by atoms with Crippen LogP contribution >= 0.6 is 11.8 Å². The minimum Gasteiger partial charge on any atom is -0.349 e. The van der Waals surface area contributed by atoms with Gasteiger partial charge in [0.2, 0.25) is 5.91 Å². The molecule has 0 unspecified atom stereocenters. The number of hydrogen-bond donors (Lipinski definition) is 1. The Kier molecular flexibility index (Phi) is 4.29. The molecule has 1 aliphatic carbocycles. The van der Waals surface area contributed by atoms with Crippen LogP contribution in [0.2, 0.25) is 0 Å². The Morgan fingerprint density at radius 1 is 1.20 bits per heavy atom. The lowest BCUT2D eigenvalue weighted by molar-refractivity contribution is -0.126. The monoisotopic (exact) mass is 293 g/mol. The van der Waals surface area contributed by atoms with Crippen molar-refractivity contribution in [3.63, 3.8) is 0 Å². The van der Waals surface area contributed by atoms with E-state index in [-0.39, 0.29) is 23.7 Å². The molecular formula is C16H20FNOS. The first-order valence-corrected chi connectivity index (χ1v) is 8.45. The van der Waals surface area contributed by atoms with Crippen molar-refractivity contribution in [1.29, 1.82) is 0 Å². The summed E-state index contributed by atoms with van der Waals surface area (Å²) in [5.41, 5.74) is 0.949. The molecule has 1 amide bonds. The summed E-state index contributed by atoms with van der Waals surface area (Å²) >= 11 is 1.75. The van der Waals surface area contributed by atoms with Gasteiger partial charge in [-0.2, -0.15) is 0 Å². The molecule has 0 saturated heterocycles. The van der Waals surface area contributed by atoms with Gasteiger partial charge in [-0.05, 0) is 43.0 Å². The summed E-state index contributed by atoms with van der Waals surface area (Å²) < 4.78 is 13.4. The Morgan fingerprint density at radius 2 is 2.00 bits per heavy atom. The number of amides is 1. The molecule has 1 saturated carbocycles. The van der Waals surface area contributed by atoms with E-state index in [1.807, 2.05) is 6.07 Å². The number of thioether (sulfide) groups is 1. The van der Waals surface area contributed by atoms with E-state index in [9.17, 15) is 9.18 Å². The second-order valence-electron chi connectivity index (χ2n) is 5.72. The SMILES string of the molecule is O=C(N[C@@H]1CCSc2ccc(F)cc21)C1CCCCC1. The lowest BCUT2D eigenvalue weighted by atomic mass is 9.88. The van der Waals surface area contributed by atoms with Gasteiger partial charge in [0.15, 0.2) is 0 Å². The highest BCUT2D eigenvalue weighted by Gasteiger charge is 2.27. The summed E-state index contributed by atoms with van der Waals surface area (Å²) in [6.07, 6.45) is 6.46. The molecule has 0 spiro atoms. The molecule has 20 heavy (non-hydrogen) atoms. The standard InChI is InChI=1S/C16H20FNOS/c17-12-6-7-15-13(10-12)14(8-9-20-15)18-16(19)11-4-2-1-3-5-11/h6-7,10-11,14H,1-5,8-9H2,(H,18,19)/t14-/m1/s1. The van der Waals surface area contributed by atoms with Crippen LogP contribution in [0.5, 0.6) is 0 Å². The molecule has 0 radical (unpaired) electrons. The Hall–Kier alpha value is -1.03. The molecule has 1 fully saturated rings. The molecule has 4 heteroatoms. The van der Waals surface area contributed by atoms with E-state index in [2.05, 4.69) is 5.32 Å². The molecule has 1 atom stereocenters. The van der Waals surface area contributed by atoms with Crippen LogP contribution in [-0.2, 0) is 4.79 Å².